The highest BCUT2D eigenvalue weighted by Crippen LogP contribution is 2.18. The minimum atomic E-state index is -0.951. The average molecular weight is 214 g/mol. The molecule has 0 aliphatic carbocycles. The summed E-state index contributed by atoms with van der Waals surface area (Å²) >= 11 is 0. The molecule has 0 bridgehead atoms. The molecule has 0 spiro atoms. The molecule has 0 unspecified atom stereocenters. The summed E-state index contributed by atoms with van der Waals surface area (Å²) in [5.41, 5.74) is 1.67. The van der Waals surface area contributed by atoms with E-state index in [1.807, 2.05) is 18.2 Å². The van der Waals surface area contributed by atoms with Gasteiger partial charge in [-0.25, -0.2) is 4.79 Å². The second-order valence-corrected chi connectivity index (χ2v) is 3.29. The Morgan fingerprint density at radius 2 is 1.94 bits per heavy atom. The van der Waals surface area contributed by atoms with Crippen LogP contribution in [0.15, 0.2) is 53.3 Å². The molecule has 0 aliphatic rings. The molecular formula is C13H10O3. The molecule has 0 saturated heterocycles. The van der Waals surface area contributed by atoms with Crippen LogP contribution in [-0.2, 0) is 4.79 Å². The first-order valence-electron chi connectivity index (χ1n) is 4.80. The van der Waals surface area contributed by atoms with Crippen molar-refractivity contribution in [3.8, 4) is 0 Å². The molecule has 16 heavy (non-hydrogen) atoms. The van der Waals surface area contributed by atoms with Crippen LogP contribution in [0.1, 0.15) is 11.1 Å². The molecule has 0 fully saturated rings. The van der Waals surface area contributed by atoms with Gasteiger partial charge in [0.1, 0.15) is 0 Å². The van der Waals surface area contributed by atoms with E-state index in [0.717, 1.165) is 5.56 Å². The minimum Gasteiger partial charge on any atom is -0.478 e. The summed E-state index contributed by atoms with van der Waals surface area (Å²) in [4.78, 5) is 11.1. The number of benzene rings is 1. The van der Waals surface area contributed by atoms with Crippen LogP contribution in [0.5, 0.6) is 0 Å². The largest absolute Gasteiger partial charge is 0.478 e. The number of carbonyl (C=O) groups is 1. The lowest BCUT2D eigenvalue weighted by molar-refractivity contribution is -0.130. The van der Waals surface area contributed by atoms with Crippen molar-refractivity contribution >= 4 is 17.6 Å². The van der Waals surface area contributed by atoms with E-state index in [0.29, 0.717) is 5.56 Å². The molecule has 3 heteroatoms. The molecule has 2 aromatic rings. The highest BCUT2D eigenvalue weighted by molar-refractivity contribution is 6.20. The maximum Gasteiger partial charge on any atom is 0.336 e. The van der Waals surface area contributed by atoms with Crippen LogP contribution in [0.25, 0.3) is 11.6 Å². The number of hydrogen-bond donors (Lipinski definition) is 1. The molecule has 0 amide bonds. The van der Waals surface area contributed by atoms with E-state index in [4.69, 9.17) is 9.52 Å². The number of rotatable bonds is 3. The van der Waals surface area contributed by atoms with Crippen LogP contribution >= 0.6 is 0 Å². The van der Waals surface area contributed by atoms with Crippen LogP contribution in [0.3, 0.4) is 0 Å². The summed E-state index contributed by atoms with van der Waals surface area (Å²) in [5, 5.41) is 9.13. The first-order chi connectivity index (χ1) is 7.77. The Balaban J connectivity index is 2.43. The van der Waals surface area contributed by atoms with E-state index < -0.39 is 5.97 Å². The molecule has 0 radical (unpaired) electrons. The molecule has 0 aliphatic heterocycles. The maximum absolute atomic E-state index is 11.1. The molecule has 1 aromatic heterocycles. The maximum atomic E-state index is 11.1. The molecular weight excluding hydrogens is 204 g/mol. The molecule has 1 heterocycles. The van der Waals surface area contributed by atoms with Crippen LogP contribution < -0.4 is 0 Å². The topological polar surface area (TPSA) is 50.4 Å². The SMILES string of the molecule is O=C(O)/C(=C/c1ccoc1)c1ccccc1. The Hall–Kier alpha value is -2.29. The normalized spacial score (nSPS) is 11.4. The third-order valence-corrected chi connectivity index (χ3v) is 2.17. The fourth-order valence-electron chi connectivity index (χ4n) is 1.41. The van der Waals surface area contributed by atoms with E-state index in [-0.39, 0.29) is 5.57 Å². The van der Waals surface area contributed by atoms with Crippen LogP contribution in [0.4, 0.5) is 0 Å². The standard InChI is InChI=1S/C13H10O3/c14-13(15)12(8-10-6-7-16-9-10)11-4-2-1-3-5-11/h1-9H,(H,14,15)/b12-8+. The van der Waals surface area contributed by atoms with E-state index in [1.165, 1.54) is 12.5 Å². The van der Waals surface area contributed by atoms with Crippen molar-refractivity contribution in [3.05, 3.63) is 60.1 Å². The smallest absolute Gasteiger partial charge is 0.336 e. The van der Waals surface area contributed by atoms with E-state index >= 15 is 0 Å². The Morgan fingerprint density at radius 1 is 1.19 bits per heavy atom. The van der Waals surface area contributed by atoms with E-state index in [2.05, 4.69) is 0 Å². The number of carboxylic acids is 1. The number of furan rings is 1. The third kappa shape index (κ3) is 2.20. The van der Waals surface area contributed by atoms with Crippen LogP contribution in [-0.4, -0.2) is 11.1 Å². The Kier molecular flexibility index (Phi) is 2.87. The highest BCUT2D eigenvalue weighted by Gasteiger charge is 2.09. The molecule has 1 aromatic carbocycles. The van der Waals surface area contributed by atoms with Crippen LogP contribution in [0, 0.1) is 0 Å². The van der Waals surface area contributed by atoms with Gasteiger partial charge in [-0.1, -0.05) is 30.3 Å². The lowest BCUT2D eigenvalue weighted by atomic mass is 10.0. The van der Waals surface area contributed by atoms with Crippen molar-refractivity contribution in [1.82, 2.24) is 0 Å². The van der Waals surface area contributed by atoms with Crippen molar-refractivity contribution in [2.45, 2.75) is 0 Å². The first kappa shape index (κ1) is 10.2. The second kappa shape index (κ2) is 4.49. The second-order valence-electron chi connectivity index (χ2n) is 3.29. The predicted molar refractivity (Wildman–Crippen MR) is 60.7 cm³/mol. The fraction of sp³-hybridized carbons (Fsp3) is 0. The van der Waals surface area contributed by atoms with Gasteiger partial charge in [-0.15, -0.1) is 0 Å². The zero-order chi connectivity index (χ0) is 11.4. The average Bonchev–Trinajstić information content (AvgIpc) is 2.79. The number of aliphatic carboxylic acids is 1. The van der Waals surface area contributed by atoms with Crippen LogP contribution in [0.2, 0.25) is 0 Å². The fourth-order valence-corrected chi connectivity index (χ4v) is 1.41. The van der Waals surface area contributed by atoms with Crippen molar-refractivity contribution in [2.75, 3.05) is 0 Å². The van der Waals surface area contributed by atoms with Gasteiger partial charge < -0.3 is 9.52 Å². The van der Waals surface area contributed by atoms with Gasteiger partial charge in [0.05, 0.1) is 18.1 Å². The summed E-state index contributed by atoms with van der Waals surface area (Å²) in [6, 6.07) is 10.7. The lowest BCUT2D eigenvalue weighted by Crippen LogP contribution is -1.99. The van der Waals surface area contributed by atoms with Gasteiger partial charge in [0.25, 0.3) is 0 Å². The molecule has 2 rings (SSSR count). The summed E-state index contributed by atoms with van der Waals surface area (Å²) in [7, 11) is 0. The predicted octanol–water partition coefficient (Wildman–Crippen LogP) is 2.90. The van der Waals surface area contributed by atoms with Gasteiger partial charge in [0.2, 0.25) is 0 Å². The summed E-state index contributed by atoms with van der Waals surface area (Å²) in [5.74, 6) is -0.951. The molecule has 1 N–H and O–H groups in total. The van der Waals surface area contributed by atoms with Crippen molar-refractivity contribution in [1.29, 1.82) is 0 Å². The third-order valence-electron chi connectivity index (χ3n) is 2.17. The minimum absolute atomic E-state index is 0.252. The zero-order valence-corrected chi connectivity index (χ0v) is 8.46. The quantitative estimate of drug-likeness (QED) is 0.799. The Morgan fingerprint density at radius 3 is 2.50 bits per heavy atom. The summed E-state index contributed by atoms with van der Waals surface area (Å²) < 4.78 is 4.89. The Bertz CT molecular complexity index is 495. The highest BCUT2D eigenvalue weighted by atomic mass is 16.4. The van der Waals surface area contributed by atoms with Crippen molar-refractivity contribution in [3.63, 3.8) is 0 Å². The number of hydrogen-bond acceptors (Lipinski definition) is 2. The summed E-state index contributed by atoms with van der Waals surface area (Å²) in [6.07, 6.45) is 4.60. The van der Waals surface area contributed by atoms with Gasteiger partial charge in [0, 0.05) is 5.56 Å². The lowest BCUT2D eigenvalue weighted by Gasteiger charge is -2.01. The molecule has 80 valence electrons. The first-order valence-corrected chi connectivity index (χ1v) is 4.80. The van der Waals surface area contributed by atoms with Crippen molar-refractivity contribution in [2.24, 2.45) is 0 Å². The van der Waals surface area contributed by atoms with Gasteiger partial charge in [0.15, 0.2) is 0 Å². The summed E-state index contributed by atoms with van der Waals surface area (Å²) in [6.45, 7) is 0. The molecule has 0 saturated carbocycles. The van der Waals surface area contributed by atoms with E-state index in [1.54, 1.807) is 24.3 Å². The van der Waals surface area contributed by atoms with Gasteiger partial charge >= 0.3 is 5.97 Å². The molecule has 3 nitrogen and oxygen atoms in total. The van der Waals surface area contributed by atoms with E-state index in [9.17, 15) is 4.79 Å². The Labute approximate surface area is 92.6 Å². The monoisotopic (exact) mass is 214 g/mol. The van der Waals surface area contributed by atoms with Gasteiger partial charge in [-0.2, -0.15) is 0 Å². The van der Waals surface area contributed by atoms with Gasteiger partial charge in [-0.05, 0) is 17.7 Å². The molecule has 0 atom stereocenters. The zero-order valence-electron chi connectivity index (χ0n) is 8.46. The number of carboxylic acid groups (broad SMARTS) is 1. The van der Waals surface area contributed by atoms with Crippen molar-refractivity contribution < 1.29 is 14.3 Å². The van der Waals surface area contributed by atoms with Gasteiger partial charge in [-0.3, -0.25) is 0 Å².